The molecule has 3 rings (SSSR count). The summed E-state index contributed by atoms with van der Waals surface area (Å²) in [6.07, 6.45) is 2.52. The molecular formula is C15H11Cl2NO5S2. The van der Waals surface area contributed by atoms with Gasteiger partial charge in [0, 0.05) is 6.08 Å². The van der Waals surface area contributed by atoms with Crippen LogP contribution in [0.15, 0.2) is 34.6 Å². The van der Waals surface area contributed by atoms with Crippen LogP contribution in [0.3, 0.4) is 0 Å². The Morgan fingerprint density at radius 1 is 1.20 bits per heavy atom. The molecule has 0 bridgehead atoms. The zero-order valence-corrected chi connectivity index (χ0v) is 15.6. The van der Waals surface area contributed by atoms with Crippen LogP contribution in [-0.4, -0.2) is 27.5 Å². The molecule has 0 spiro atoms. The summed E-state index contributed by atoms with van der Waals surface area (Å²) in [5, 5.41) is 0.345. The molecule has 1 amide bonds. The normalized spacial score (nSPS) is 13.8. The van der Waals surface area contributed by atoms with Crippen LogP contribution < -0.4 is 14.2 Å². The van der Waals surface area contributed by atoms with E-state index in [0.717, 1.165) is 17.4 Å². The van der Waals surface area contributed by atoms with E-state index < -0.39 is 15.9 Å². The topological polar surface area (TPSA) is 81.7 Å². The van der Waals surface area contributed by atoms with Crippen molar-refractivity contribution in [3.05, 3.63) is 45.3 Å². The van der Waals surface area contributed by atoms with Crippen LogP contribution >= 0.6 is 34.5 Å². The van der Waals surface area contributed by atoms with E-state index in [1.807, 2.05) is 4.72 Å². The number of rotatable bonds is 4. The number of hydrogen-bond acceptors (Lipinski definition) is 6. The molecule has 10 heteroatoms. The summed E-state index contributed by atoms with van der Waals surface area (Å²) in [7, 11) is -3.95. The molecular weight excluding hydrogens is 409 g/mol. The molecule has 0 saturated carbocycles. The predicted octanol–water partition coefficient (Wildman–Crippen LogP) is 3.34. The lowest BCUT2D eigenvalue weighted by molar-refractivity contribution is -0.114. The molecule has 6 nitrogen and oxygen atoms in total. The molecule has 0 radical (unpaired) electrons. The fourth-order valence-corrected chi connectivity index (χ4v) is 4.76. The lowest BCUT2D eigenvalue weighted by Crippen LogP contribution is -2.28. The number of halogens is 2. The summed E-state index contributed by atoms with van der Waals surface area (Å²) in [4.78, 5) is 11.9. The Morgan fingerprint density at radius 3 is 2.68 bits per heavy atom. The molecule has 2 heterocycles. The second-order valence-corrected chi connectivity index (χ2v) is 8.92. The van der Waals surface area contributed by atoms with E-state index in [-0.39, 0.29) is 4.21 Å². The number of fused-ring (bicyclic) bond motifs is 1. The van der Waals surface area contributed by atoms with Crippen molar-refractivity contribution in [2.75, 3.05) is 13.2 Å². The maximum Gasteiger partial charge on any atom is 0.273 e. The van der Waals surface area contributed by atoms with Crippen LogP contribution in [0.4, 0.5) is 0 Å². The van der Waals surface area contributed by atoms with Gasteiger partial charge in [0.2, 0.25) is 0 Å². The fraction of sp³-hybridized carbons (Fsp3) is 0.133. The van der Waals surface area contributed by atoms with Gasteiger partial charge in [-0.05, 0) is 35.9 Å². The SMILES string of the molecule is O=C(/C=C/c1cc(Cl)c2c(c1)OCCO2)NS(=O)(=O)c1ccc(Cl)s1. The Morgan fingerprint density at radius 2 is 1.96 bits per heavy atom. The van der Waals surface area contributed by atoms with Crippen molar-refractivity contribution in [3.8, 4) is 11.5 Å². The summed E-state index contributed by atoms with van der Waals surface area (Å²) in [5.41, 5.74) is 0.570. The summed E-state index contributed by atoms with van der Waals surface area (Å²) < 4.78 is 37.1. The van der Waals surface area contributed by atoms with Crippen molar-refractivity contribution in [2.24, 2.45) is 0 Å². The first-order valence-electron chi connectivity index (χ1n) is 6.94. The van der Waals surface area contributed by atoms with E-state index in [2.05, 4.69) is 0 Å². The summed E-state index contributed by atoms with van der Waals surface area (Å²) in [5.74, 6) is 0.127. The minimum Gasteiger partial charge on any atom is -0.486 e. The minimum absolute atomic E-state index is 0.0402. The maximum absolute atomic E-state index is 12.0. The third-order valence-corrected chi connectivity index (χ3v) is 6.45. The quantitative estimate of drug-likeness (QED) is 0.768. The van der Waals surface area contributed by atoms with E-state index in [9.17, 15) is 13.2 Å². The first kappa shape index (κ1) is 18.1. The Kier molecular flexibility index (Phi) is 5.24. The molecule has 0 unspecified atom stereocenters. The first-order valence-corrected chi connectivity index (χ1v) is 10.00. The smallest absolute Gasteiger partial charge is 0.273 e. The van der Waals surface area contributed by atoms with Crippen LogP contribution in [0.2, 0.25) is 9.36 Å². The number of thiophene rings is 1. The second-order valence-electron chi connectivity index (χ2n) is 4.89. The molecule has 0 saturated heterocycles. The van der Waals surface area contributed by atoms with Crippen molar-refractivity contribution >= 4 is 56.5 Å². The number of carbonyl (C=O) groups is 1. The van der Waals surface area contributed by atoms with Crippen molar-refractivity contribution in [1.29, 1.82) is 0 Å². The molecule has 1 aromatic carbocycles. The van der Waals surface area contributed by atoms with Crippen LogP contribution in [0.25, 0.3) is 6.08 Å². The van der Waals surface area contributed by atoms with Gasteiger partial charge in [0.1, 0.15) is 17.4 Å². The highest BCUT2D eigenvalue weighted by atomic mass is 35.5. The molecule has 0 aliphatic carbocycles. The summed E-state index contributed by atoms with van der Waals surface area (Å²) >= 11 is 12.7. The molecule has 1 aromatic heterocycles. The lowest BCUT2D eigenvalue weighted by Gasteiger charge is -2.19. The molecule has 2 aromatic rings. The number of carbonyl (C=O) groups excluding carboxylic acids is 1. The Bertz CT molecular complexity index is 953. The molecule has 25 heavy (non-hydrogen) atoms. The highest BCUT2D eigenvalue weighted by Crippen LogP contribution is 2.38. The third-order valence-electron chi connectivity index (χ3n) is 3.09. The monoisotopic (exact) mass is 419 g/mol. The van der Waals surface area contributed by atoms with Crippen molar-refractivity contribution < 1.29 is 22.7 Å². The van der Waals surface area contributed by atoms with Crippen molar-refractivity contribution in [1.82, 2.24) is 4.72 Å². The average Bonchev–Trinajstić information content (AvgIpc) is 3.00. The number of ether oxygens (including phenoxy) is 2. The lowest BCUT2D eigenvalue weighted by atomic mass is 10.2. The Hall–Kier alpha value is -1.74. The number of sulfonamides is 1. The standard InChI is InChI=1S/C15H11Cl2NO5S2/c16-10-7-9(8-11-15(10)23-6-5-22-11)1-3-13(19)18-25(20,21)14-4-2-12(17)24-14/h1-4,7-8H,5-6H2,(H,18,19)/b3-1+. The van der Waals surface area contributed by atoms with Gasteiger partial charge in [-0.15, -0.1) is 11.3 Å². The van der Waals surface area contributed by atoms with Gasteiger partial charge in [-0.2, -0.15) is 0 Å². The van der Waals surface area contributed by atoms with Gasteiger partial charge in [-0.25, -0.2) is 13.1 Å². The molecule has 132 valence electrons. The van der Waals surface area contributed by atoms with Crippen molar-refractivity contribution in [3.63, 3.8) is 0 Å². The second kappa shape index (κ2) is 7.25. The molecule has 0 fully saturated rings. The third kappa shape index (κ3) is 4.27. The number of hydrogen-bond donors (Lipinski definition) is 1. The van der Waals surface area contributed by atoms with Gasteiger partial charge in [0.05, 0.1) is 9.36 Å². The van der Waals surface area contributed by atoms with Gasteiger partial charge >= 0.3 is 0 Å². The number of nitrogens with one attached hydrogen (secondary N) is 1. The summed E-state index contributed by atoms with van der Waals surface area (Å²) in [6, 6.07) is 6.01. The molecule has 0 atom stereocenters. The van der Waals surface area contributed by atoms with Gasteiger partial charge in [0.15, 0.2) is 11.5 Å². The number of amides is 1. The Balaban J connectivity index is 1.74. The van der Waals surface area contributed by atoms with E-state index in [1.165, 1.54) is 18.2 Å². The molecule has 1 aliphatic rings. The van der Waals surface area contributed by atoms with Crippen LogP contribution in [0, 0.1) is 0 Å². The number of benzene rings is 1. The van der Waals surface area contributed by atoms with Crippen LogP contribution in [0.5, 0.6) is 11.5 Å². The average molecular weight is 420 g/mol. The fourth-order valence-electron chi connectivity index (χ4n) is 2.06. The highest BCUT2D eigenvalue weighted by molar-refractivity contribution is 7.92. The van der Waals surface area contributed by atoms with Crippen LogP contribution in [0.1, 0.15) is 5.56 Å². The van der Waals surface area contributed by atoms with Crippen LogP contribution in [-0.2, 0) is 14.8 Å². The van der Waals surface area contributed by atoms with E-state index in [4.69, 9.17) is 32.7 Å². The van der Waals surface area contributed by atoms with E-state index >= 15 is 0 Å². The Labute approximate surface area is 158 Å². The van der Waals surface area contributed by atoms with Gasteiger partial charge in [-0.1, -0.05) is 23.2 Å². The van der Waals surface area contributed by atoms with E-state index in [1.54, 1.807) is 12.1 Å². The van der Waals surface area contributed by atoms with Crippen molar-refractivity contribution in [2.45, 2.75) is 4.21 Å². The van der Waals surface area contributed by atoms with E-state index in [0.29, 0.717) is 39.6 Å². The first-order chi connectivity index (χ1) is 11.8. The largest absolute Gasteiger partial charge is 0.486 e. The zero-order valence-electron chi connectivity index (χ0n) is 12.5. The summed E-state index contributed by atoms with van der Waals surface area (Å²) in [6.45, 7) is 0.813. The maximum atomic E-state index is 12.0. The predicted molar refractivity (Wildman–Crippen MR) is 96.1 cm³/mol. The highest BCUT2D eigenvalue weighted by Gasteiger charge is 2.19. The molecule has 1 N–H and O–H groups in total. The molecule has 1 aliphatic heterocycles. The van der Waals surface area contributed by atoms with Gasteiger partial charge in [0.25, 0.3) is 15.9 Å². The van der Waals surface area contributed by atoms with Gasteiger partial charge < -0.3 is 9.47 Å². The van der Waals surface area contributed by atoms with Gasteiger partial charge in [-0.3, -0.25) is 4.79 Å². The minimum atomic E-state index is -3.95. The zero-order chi connectivity index (χ0) is 18.0.